The van der Waals surface area contributed by atoms with Crippen LogP contribution in [0.1, 0.15) is 24.0 Å². The zero-order valence-electron chi connectivity index (χ0n) is 13.9. The number of rotatable bonds is 5. The summed E-state index contributed by atoms with van der Waals surface area (Å²) >= 11 is 0. The maximum absolute atomic E-state index is 13.2. The largest absolute Gasteiger partial charge is 0.451 e. The Morgan fingerprint density at radius 1 is 1.16 bits per heavy atom. The lowest BCUT2D eigenvalue weighted by atomic mass is 10.2. The highest BCUT2D eigenvalue weighted by Gasteiger charge is 2.36. The fourth-order valence-corrected chi connectivity index (χ4v) is 2.72. The minimum absolute atomic E-state index is 0.206. The predicted octanol–water partition coefficient (Wildman–Crippen LogP) is 3.75. The molecule has 0 aliphatic heterocycles. The summed E-state index contributed by atoms with van der Waals surface area (Å²) in [6.07, 6.45) is -0.503. The SMILES string of the molecule is CCN(CCc1ccncc1)c1nc(C(F)(F)F)nc2[nH]c(C)cc12. The number of halogens is 3. The second-order valence-electron chi connectivity index (χ2n) is 5.77. The number of likely N-dealkylation sites (N-methyl/N-ethyl adjacent to an activating group) is 1. The van der Waals surface area contributed by atoms with Crippen molar-refractivity contribution in [3.8, 4) is 0 Å². The van der Waals surface area contributed by atoms with Crippen LogP contribution in [0.3, 0.4) is 0 Å². The lowest BCUT2D eigenvalue weighted by Crippen LogP contribution is -2.28. The molecule has 0 aliphatic rings. The molecule has 25 heavy (non-hydrogen) atoms. The van der Waals surface area contributed by atoms with Crippen molar-refractivity contribution in [3.05, 3.63) is 47.7 Å². The molecule has 3 aromatic heterocycles. The number of hydrogen-bond donors (Lipinski definition) is 1. The third-order valence-electron chi connectivity index (χ3n) is 3.96. The molecule has 132 valence electrons. The number of nitrogens with zero attached hydrogens (tertiary/aromatic N) is 4. The molecular weight excluding hydrogens is 331 g/mol. The summed E-state index contributed by atoms with van der Waals surface area (Å²) in [6, 6.07) is 5.57. The molecule has 3 rings (SSSR count). The van der Waals surface area contributed by atoms with Crippen LogP contribution in [0.4, 0.5) is 19.0 Å². The summed E-state index contributed by atoms with van der Waals surface area (Å²) in [6.45, 7) is 4.77. The summed E-state index contributed by atoms with van der Waals surface area (Å²) < 4.78 is 39.5. The van der Waals surface area contributed by atoms with Gasteiger partial charge < -0.3 is 9.88 Å². The van der Waals surface area contributed by atoms with Crippen LogP contribution >= 0.6 is 0 Å². The number of hydrogen-bond acceptors (Lipinski definition) is 4. The van der Waals surface area contributed by atoms with Crippen molar-refractivity contribution in [1.82, 2.24) is 19.9 Å². The molecule has 0 spiro atoms. The van der Waals surface area contributed by atoms with Gasteiger partial charge in [0.2, 0.25) is 5.82 Å². The Hall–Kier alpha value is -2.64. The van der Waals surface area contributed by atoms with Crippen LogP contribution < -0.4 is 4.90 Å². The van der Waals surface area contributed by atoms with Gasteiger partial charge >= 0.3 is 6.18 Å². The molecule has 0 saturated heterocycles. The molecule has 3 aromatic rings. The van der Waals surface area contributed by atoms with Crippen molar-refractivity contribution in [2.24, 2.45) is 0 Å². The molecule has 3 heterocycles. The van der Waals surface area contributed by atoms with Gasteiger partial charge in [-0.15, -0.1) is 0 Å². The first kappa shape index (κ1) is 17.2. The number of fused-ring (bicyclic) bond motifs is 1. The molecule has 0 amide bonds. The van der Waals surface area contributed by atoms with E-state index in [1.165, 1.54) is 0 Å². The minimum Gasteiger partial charge on any atom is -0.356 e. The lowest BCUT2D eigenvalue weighted by Gasteiger charge is -2.23. The van der Waals surface area contributed by atoms with Crippen LogP contribution in [-0.2, 0) is 12.6 Å². The second-order valence-corrected chi connectivity index (χ2v) is 5.77. The zero-order valence-corrected chi connectivity index (χ0v) is 13.9. The summed E-state index contributed by atoms with van der Waals surface area (Å²) in [7, 11) is 0. The van der Waals surface area contributed by atoms with Crippen molar-refractivity contribution >= 4 is 16.9 Å². The highest BCUT2D eigenvalue weighted by atomic mass is 19.4. The first-order valence-corrected chi connectivity index (χ1v) is 7.97. The van der Waals surface area contributed by atoms with Crippen LogP contribution in [0.2, 0.25) is 0 Å². The Morgan fingerprint density at radius 2 is 1.88 bits per heavy atom. The van der Waals surface area contributed by atoms with E-state index in [0.29, 0.717) is 30.7 Å². The Morgan fingerprint density at radius 3 is 2.52 bits per heavy atom. The molecule has 0 radical (unpaired) electrons. The monoisotopic (exact) mass is 349 g/mol. The summed E-state index contributed by atoms with van der Waals surface area (Å²) in [5.41, 5.74) is 2.02. The quantitative estimate of drug-likeness (QED) is 0.762. The van der Waals surface area contributed by atoms with Crippen molar-refractivity contribution in [3.63, 3.8) is 0 Å². The van der Waals surface area contributed by atoms with Crippen LogP contribution in [0.25, 0.3) is 11.0 Å². The van der Waals surface area contributed by atoms with Gasteiger partial charge in [0, 0.05) is 31.2 Å². The number of nitrogens with one attached hydrogen (secondary N) is 1. The number of pyridine rings is 1. The van der Waals surface area contributed by atoms with Gasteiger partial charge in [0.1, 0.15) is 11.5 Å². The van der Waals surface area contributed by atoms with Gasteiger partial charge in [-0.25, -0.2) is 9.97 Å². The van der Waals surface area contributed by atoms with Gasteiger partial charge in [-0.2, -0.15) is 13.2 Å². The molecule has 0 unspecified atom stereocenters. The maximum atomic E-state index is 13.2. The Balaban J connectivity index is 1.98. The molecule has 1 N–H and O–H groups in total. The fraction of sp³-hybridized carbons (Fsp3) is 0.353. The van der Waals surface area contributed by atoms with E-state index in [1.807, 2.05) is 24.0 Å². The normalized spacial score (nSPS) is 11.9. The van der Waals surface area contributed by atoms with Crippen molar-refractivity contribution in [1.29, 1.82) is 0 Å². The Bertz CT molecular complexity index is 858. The molecule has 5 nitrogen and oxygen atoms in total. The van der Waals surface area contributed by atoms with E-state index in [0.717, 1.165) is 11.3 Å². The first-order valence-electron chi connectivity index (χ1n) is 7.97. The van der Waals surface area contributed by atoms with E-state index in [2.05, 4.69) is 19.9 Å². The Kier molecular flexibility index (Phi) is 4.61. The van der Waals surface area contributed by atoms with E-state index in [9.17, 15) is 13.2 Å². The highest BCUT2D eigenvalue weighted by molar-refractivity contribution is 5.88. The van der Waals surface area contributed by atoms with Gasteiger partial charge in [-0.3, -0.25) is 4.98 Å². The number of anilines is 1. The average molecular weight is 349 g/mol. The van der Waals surface area contributed by atoms with E-state index >= 15 is 0 Å². The Labute approximate surface area is 142 Å². The lowest BCUT2D eigenvalue weighted by molar-refractivity contribution is -0.144. The van der Waals surface area contributed by atoms with E-state index < -0.39 is 12.0 Å². The summed E-state index contributed by atoms with van der Waals surface area (Å²) in [4.78, 5) is 16.2. The third-order valence-corrected chi connectivity index (χ3v) is 3.96. The summed E-state index contributed by atoms with van der Waals surface area (Å²) in [5.74, 6) is -0.822. The van der Waals surface area contributed by atoms with E-state index in [-0.39, 0.29) is 5.65 Å². The molecule has 8 heteroatoms. The molecule has 0 atom stereocenters. The molecule has 0 bridgehead atoms. The number of alkyl halides is 3. The zero-order chi connectivity index (χ0) is 18.0. The molecule has 0 aliphatic carbocycles. The minimum atomic E-state index is -4.59. The molecule has 0 aromatic carbocycles. The smallest absolute Gasteiger partial charge is 0.356 e. The summed E-state index contributed by atoms with van der Waals surface area (Å²) in [5, 5.41) is 0.599. The maximum Gasteiger partial charge on any atom is 0.451 e. The number of aromatic amines is 1. The molecule has 0 saturated carbocycles. The van der Waals surface area contributed by atoms with Crippen LogP contribution in [-0.4, -0.2) is 33.0 Å². The van der Waals surface area contributed by atoms with Crippen LogP contribution in [0, 0.1) is 6.92 Å². The van der Waals surface area contributed by atoms with Gasteiger partial charge in [0.05, 0.1) is 5.39 Å². The van der Waals surface area contributed by atoms with Gasteiger partial charge in [0.25, 0.3) is 0 Å². The third kappa shape index (κ3) is 3.72. The second kappa shape index (κ2) is 6.70. The van der Waals surface area contributed by atoms with Gasteiger partial charge in [-0.1, -0.05) is 0 Å². The fourth-order valence-electron chi connectivity index (χ4n) is 2.72. The topological polar surface area (TPSA) is 57.7 Å². The standard InChI is InChI=1S/C17H18F3N5/c1-3-25(9-6-12-4-7-21-8-5-12)15-13-10-11(2)22-14(13)23-16(24-15)17(18,19)20/h4-5,7-8,10H,3,6,9H2,1-2H3,(H,22,23,24). The predicted molar refractivity (Wildman–Crippen MR) is 89.5 cm³/mol. The van der Waals surface area contributed by atoms with Crippen molar-refractivity contribution in [2.45, 2.75) is 26.4 Å². The average Bonchev–Trinajstić information content (AvgIpc) is 2.95. The van der Waals surface area contributed by atoms with Gasteiger partial charge in [0.15, 0.2) is 0 Å². The van der Waals surface area contributed by atoms with Crippen molar-refractivity contribution in [2.75, 3.05) is 18.0 Å². The highest BCUT2D eigenvalue weighted by Crippen LogP contribution is 2.32. The first-order chi connectivity index (χ1) is 11.9. The number of aryl methyl sites for hydroxylation is 1. The van der Waals surface area contributed by atoms with Crippen molar-refractivity contribution < 1.29 is 13.2 Å². The number of aromatic nitrogens is 4. The van der Waals surface area contributed by atoms with E-state index in [4.69, 9.17) is 0 Å². The van der Waals surface area contributed by atoms with E-state index in [1.54, 1.807) is 25.4 Å². The van der Waals surface area contributed by atoms with Crippen LogP contribution in [0.15, 0.2) is 30.6 Å². The number of H-pyrrole nitrogens is 1. The molecular formula is C17H18F3N5. The van der Waals surface area contributed by atoms with Crippen LogP contribution in [0.5, 0.6) is 0 Å². The molecule has 0 fully saturated rings. The van der Waals surface area contributed by atoms with Gasteiger partial charge in [-0.05, 0) is 44.0 Å².